The first-order chi connectivity index (χ1) is 8.70. The quantitative estimate of drug-likeness (QED) is 0.840. The van der Waals surface area contributed by atoms with Crippen LogP contribution in [0.15, 0.2) is 18.2 Å². The minimum Gasteiger partial charge on any atom is -0.335 e. The summed E-state index contributed by atoms with van der Waals surface area (Å²) < 4.78 is 0. The summed E-state index contributed by atoms with van der Waals surface area (Å²) in [5.41, 5.74) is 3.28. The molecule has 3 heteroatoms. The highest BCUT2D eigenvalue weighted by Crippen LogP contribution is 2.22. The average Bonchev–Trinajstić information content (AvgIpc) is 2.84. The van der Waals surface area contributed by atoms with E-state index in [1.165, 1.54) is 18.4 Å². The van der Waals surface area contributed by atoms with Crippen LogP contribution >= 0.6 is 0 Å². The van der Waals surface area contributed by atoms with Crippen molar-refractivity contribution in [3.05, 3.63) is 29.3 Å². The maximum absolute atomic E-state index is 12.0. The zero-order chi connectivity index (χ0) is 13.0. The second-order valence-corrected chi connectivity index (χ2v) is 5.04. The fourth-order valence-corrected chi connectivity index (χ4v) is 2.61. The van der Waals surface area contributed by atoms with Crippen LogP contribution < -0.4 is 10.6 Å². The molecule has 0 radical (unpaired) electrons. The first-order valence-corrected chi connectivity index (χ1v) is 6.86. The van der Waals surface area contributed by atoms with Crippen molar-refractivity contribution >= 4 is 11.7 Å². The summed E-state index contributed by atoms with van der Waals surface area (Å²) >= 11 is 0. The summed E-state index contributed by atoms with van der Waals surface area (Å²) in [5.74, 6) is 0. The van der Waals surface area contributed by atoms with Crippen molar-refractivity contribution in [2.45, 2.75) is 52.0 Å². The average molecular weight is 246 g/mol. The highest BCUT2D eigenvalue weighted by atomic mass is 16.2. The number of para-hydroxylation sites is 1. The van der Waals surface area contributed by atoms with Crippen LogP contribution in [0.1, 0.15) is 43.7 Å². The van der Waals surface area contributed by atoms with E-state index in [4.69, 9.17) is 0 Å². The normalized spacial score (nSPS) is 15.7. The number of urea groups is 1. The molecule has 1 aromatic rings. The molecule has 0 heterocycles. The molecule has 0 atom stereocenters. The Labute approximate surface area is 109 Å². The van der Waals surface area contributed by atoms with Crippen molar-refractivity contribution < 1.29 is 4.79 Å². The largest absolute Gasteiger partial charge is 0.335 e. The summed E-state index contributed by atoms with van der Waals surface area (Å²) in [6, 6.07) is 6.43. The predicted octanol–water partition coefficient (Wildman–Crippen LogP) is 3.62. The number of nitrogens with one attached hydrogen (secondary N) is 2. The van der Waals surface area contributed by atoms with E-state index in [2.05, 4.69) is 23.6 Å². The highest BCUT2D eigenvalue weighted by molar-refractivity contribution is 5.91. The molecule has 0 aliphatic heterocycles. The van der Waals surface area contributed by atoms with Crippen molar-refractivity contribution in [2.75, 3.05) is 5.32 Å². The van der Waals surface area contributed by atoms with Crippen LogP contribution in [0.4, 0.5) is 10.5 Å². The molecule has 3 nitrogen and oxygen atoms in total. The van der Waals surface area contributed by atoms with Crippen LogP contribution in [0.5, 0.6) is 0 Å². The lowest BCUT2D eigenvalue weighted by atomic mass is 10.1. The van der Waals surface area contributed by atoms with Gasteiger partial charge < -0.3 is 10.6 Å². The molecule has 98 valence electrons. The smallest absolute Gasteiger partial charge is 0.319 e. The predicted molar refractivity (Wildman–Crippen MR) is 75.0 cm³/mol. The second kappa shape index (κ2) is 5.89. The number of amides is 2. The highest BCUT2D eigenvalue weighted by Gasteiger charge is 2.17. The second-order valence-electron chi connectivity index (χ2n) is 5.04. The van der Waals surface area contributed by atoms with Gasteiger partial charge in [-0.3, -0.25) is 0 Å². The van der Waals surface area contributed by atoms with Gasteiger partial charge in [-0.25, -0.2) is 4.79 Å². The van der Waals surface area contributed by atoms with Gasteiger partial charge in [-0.05, 0) is 37.3 Å². The first kappa shape index (κ1) is 12.9. The van der Waals surface area contributed by atoms with Gasteiger partial charge in [0.05, 0.1) is 0 Å². The zero-order valence-electron chi connectivity index (χ0n) is 11.3. The van der Waals surface area contributed by atoms with Gasteiger partial charge in [0.2, 0.25) is 0 Å². The maximum Gasteiger partial charge on any atom is 0.319 e. The Morgan fingerprint density at radius 3 is 2.72 bits per heavy atom. The number of hydrogen-bond donors (Lipinski definition) is 2. The van der Waals surface area contributed by atoms with Gasteiger partial charge in [-0.15, -0.1) is 0 Å². The molecule has 1 aromatic carbocycles. The molecule has 2 rings (SSSR count). The molecule has 18 heavy (non-hydrogen) atoms. The third-order valence-corrected chi connectivity index (χ3v) is 3.67. The first-order valence-electron chi connectivity index (χ1n) is 6.86. The van der Waals surface area contributed by atoms with Crippen molar-refractivity contribution in [1.82, 2.24) is 5.32 Å². The van der Waals surface area contributed by atoms with Gasteiger partial charge in [0.1, 0.15) is 0 Å². The van der Waals surface area contributed by atoms with Gasteiger partial charge in [0.15, 0.2) is 0 Å². The SMILES string of the molecule is CCc1cccc(C)c1NC(=O)NC1CCCC1. The number of aryl methyl sites for hydroxylation is 2. The molecule has 0 spiro atoms. The number of anilines is 1. The van der Waals surface area contributed by atoms with Gasteiger partial charge in [0.25, 0.3) is 0 Å². The van der Waals surface area contributed by atoms with Crippen molar-refractivity contribution in [3.8, 4) is 0 Å². The molecule has 1 aliphatic rings. The van der Waals surface area contributed by atoms with Gasteiger partial charge in [-0.1, -0.05) is 38.0 Å². The summed E-state index contributed by atoms with van der Waals surface area (Å²) in [4.78, 5) is 12.0. The molecular formula is C15H22N2O. The van der Waals surface area contributed by atoms with Gasteiger partial charge in [-0.2, -0.15) is 0 Å². The van der Waals surface area contributed by atoms with Crippen LogP contribution in [0.2, 0.25) is 0 Å². The molecule has 0 bridgehead atoms. The monoisotopic (exact) mass is 246 g/mol. The van der Waals surface area contributed by atoms with E-state index in [1.807, 2.05) is 19.1 Å². The number of carbonyl (C=O) groups excluding carboxylic acids is 1. The minimum atomic E-state index is -0.0640. The fraction of sp³-hybridized carbons (Fsp3) is 0.533. The van der Waals surface area contributed by atoms with Crippen molar-refractivity contribution in [2.24, 2.45) is 0 Å². The van der Waals surface area contributed by atoms with Crippen molar-refractivity contribution in [1.29, 1.82) is 0 Å². The molecular weight excluding hydrogens is 224 g/mol. The maximum atomic E-state index is 12.0. The van der Waals surface area contributed by atoms with Crippen LogP contribution in [0.25, 0.3) is 0 Å². The van der Waals surface area contributed by atoms with Crippen LogP contribution in [0, 0.1) is 6.92 Å². The fourth-order valence-electron chi connectivity index (χ4n) is 2.61. The van der Waals surface area contributed by atoms with E-state index in [9.17, 15) is 4.79 Å². The van der Waals surface area contributed by atoms with Crippen LogP contribution in [-0.4, -0.2) is 12.1 Å². The molecule has 0 unspecified atom stereocenters. The zero-order valence-corrected chi connectivity index (χ0v) is 11.3. The summed E-state index contributed by atoms with van der Waals surface area (Å²) in [5, 5.41) is 6.06. The lowest BCUT2D eigenvalue weighted by molar-refractivity contribution is 0.248. The number of carbonyl (C=O) groups is 1. The Kier molecular flexibility index (Phi) is 4.24. The Balaban J connectivity index is 2.01. The molecule has 1 fully saturated rings. The van der Waals surface area contributed by atoms with Crippen LogP contribution in [0.3, 0.4) is 0 Å². The molecule has 1 saturated carbocycles. The molecule has 2 N–H and O–H groups in total. The van der Waals surface area contributed by atoms with Crippen molar-refractivity contribution in [3.63, 3.8) is 0 Å². The van der Waals surface area contributed by atoms with Crippen LogP contribution in [-0.2, 0) is 6.42 Å². The third-order valence-electron chi connectivity index (χ3n) is 3.67. The van der Waals surface area contributed by atoms with E-state index in [1.54, 1.807) is 0 Å². The van der Waals surface area contributed by atoms with E-state index in [0.29, 0.717) is 6.04 Å². The Morgan fingerprint density at radius 2 is 2.06 bits per heavy atom. The number of hydrogen-bond acceptors (Lipinski definition) is 1. The van der Waals surface area contributed by atoms with Gasteiger partial charge >= 0.3 is 6.03 Å². The Hall–Kier alpha value is -1.51. The summed E-state index contributed by atoms with van der Waals surface area (Å²) in [6.45, 7) is 4.14. The molecule has 2 amide bonds. The lowest BCUT2D eigenvalue weighted by Crippen LogP contribution is -2.36. The molecule has 0 saturated heterocycles. The number of benzene rings is 1. The van der Waals surface area contributed by atoms with E-state index >= 15 is 0 Å². The topological polar surface area (TPSA) is 41.1 Å². The van der Waals surface area contributed by atoms with Gasteiger partial charge in [0, 0.05) is 11.7 Å². The van der Waals surface area contributed by atoms with E-state index in [-0.39, 0.29) is 6.03 Å². The Bertz CT molecular complexity index is 423. The Morgan fingerprint density at radius 1 is 1.33 bits per heavy atom. The molecule has 0 aromatic heterocycles. The lowest BCUT2D eigenvalue weighted by Gasteiger charge is -2.16. The minimum absolute atomic E-state index is 0.0640. The third kappa shape index (κ3) is 3.03. The summed E-state index contributed by atoms with van der Waals surface area (Å²) in [6.07, 6.45) is 5.62. The number of rotatable bonds is 3. The van der Waals surface area contributed by atoms with E-state index < -0.39 is 0 Å². The summed E-state index contributed by atoms with van der Waals surface area (Å²) in [7, 11) is 0. The standard InChI is InChI=1S/C15H22N2O/c1-3-12-8-6-7-11(2)14(12)17-15(18)16-13-9-4-5-10-13/h6-8,13H,3-5,9-10H2,1-2H3,(H2,16,17,18). The molecule has 1 aliphatic carbocycles. The van der Waals surface area contributed by atoms with E-state index in [0.717, 1.165) is 30.5 Å².